The van der Waals surface area contributed by atoms with E-state index in [4.69, 9.17) is 9.57 Å². The first kappa shape index (κ1) is 11.7. The number of rotatable bonds is 3. The van der Waals surface area contributed by atoms with Gasteiger partial charge in [-0.15, -0.1) is 0 Å². The number of ether oxygens (including phenoxy) is 1. The average molecular weight is 254 g/mol. The van der Waals surface area contributed by atoms with E-state index in [-0.39, 0.29) is 6.10 Å². The van der Waals surface area contributed by atoms with Crippen molar-refractivity contribution >= 4 is 5.70 Å². The van der Waals surface area contributed by atoms with Crippen molar-refractivity contribution in [3.8, 4) is 5.75 Å². The van der Waals surface area contributed by atoms with E-state index in [0.29, 0.717) is 0 Å². The number of hydroxylamine groups is 1. The molecule has 0 spiro atoms. The summed E-state index contributed by atoms with van der Waals surface area (Å²) in [5.41, 5.74) is 5.94. The molecule has 4 heteroatoms. The van der Waals surface area contributed by atoms with E-state index < -0.39 is 0 Å². The maximum absolute atomic E-state index is 5.61. The van der Waals surface area contributed by atoms with Crippen molar-refractivity contribution in [2.45, 2.75) is 6.10 Å². The van der Waals surface area contributed by atoms with Gasteiger partial charge in [0.25, 0.3) is 0 Å². The third-order valence-corrected chi connectivity index (χ3v) is 3.05. The molecule has 2 heterocycles. The summed E-state index contributed by atoms with van der Waals surface area (Å²) in [6.07, 6.45) is 5.40. The van der Waals surface area contributed by atoms with Crippen molar-refractivity contribution in [3.63, 3.8) is 0 Å². The van der Waals surface area contributed by atoms with Crippen LogP contribution in [0.5, 0.6) is 5.75 Å². The van der Waals surface area contributed by atoms with Gasteiger partial charge in [0.1, 0.15) is 11.9 Å². The summed E-state index contributed by atoms with van der Waals surface area (Å²) in [6, 6.07) is 11.7. The first-order chi connectivity index (χ1) is 9.38. The van der Waals surface area contributed by atoms with Gasteiger partial charge < -0.3 is 4.74 Å². The van der Waals surface area contributed by atoms with Gasteiger partial charge in [-0.25, -0.2) is 0 Å². The van der Waals surface area contributed by atoms with Crippen LogP contribution in [0.15, 0.2) is 54.9 Å². The number of pyridine rings is 1. The van der Waals surface area contributed by atoms with Crippen molar-refractivity contribution in [1.29, 1.82) is 0 Å². The Morgan fingerprint density at radius 1 is 1.16 bits per heavy atom. The van der Waals surface area contributed by atoms with Crippen LogP contribution >= 0.6 is 0 Å². The van der Waals surface area contributed by atoms with Crippen molar-refractivity contribution < 1.29 is 9.57 Å². The molecule has 1 unspecified atom stereocenters. The fourth-order valence-electron chi connectivity index (χ4n) is 2.09. The molecule has 0 radical (unpaired) electrons. The number of nitrogens with zero attached hydrogens (tertiary/aromatic N) is 1. The Labute approximate surface area is 111 Å². The van der Waals surface area contributed by atoms with Crippen LogP contribution in [0.25, 0.3) is 5.70 Å². The molecule has 1 aromatic carbocycles. The van der Waals surface area contributed by atoms with Crippen LogP contribution in [0, 0.1) is 0 Å². The average Bonchev–Trinajstić information content (AvgIpc) is 2.98. The summed E-state index contributed by atoms with van der Waals surface area (Å²) >= 11 is 0. The first-order valence-electron chi connectivity index (χ1n) is 6.05. The normalized spacial score (nSPS) is 17.7. The summed E-state index contributed by atoms with van der Waals surface area (Å²) in [7, 11) is 1.66. The number of hydrogen-bond donors (Lipinski definition) is 1. The minimum absolute atomic E-state index is 0.153. The maximum Gasteiger partial charge on any atom is 0.134 e. The van der Waals surface area contributed by atoms with Crippen LogP contribution in [-0.2, 0) is 4.84 Å². The summed E-state index contributed by atoms with van der Waals surface area (Å²) in [4.78, 5) is 9.61. The van der Waals surface area contributed by atoms with E-state index >= 15 is 0 Å². The molecule has 1 aliphatic heterocycles. The second-order valence-electron chi connectivity index (χ2n) is 4.20. The monoisotopic (exact) mass is 254 g/mol. The lowest BCUT2D eigenvalue weighted by molar-refractivity contribution is 0.0497. The molecule has 3 rings (SSSR count). The molecule has 4 nitrogen and oxygen atoms in total. The van der Waals surface area contributed by atoms with Gasteiger partial charge in [0.05, 0.1) is 12.8 Å². The summed E-state index contributed by atoms with van der Waals surface area (Å²) < 4.78 is 5.35. The fraction of sp³-hybridized carbons (Fsp3) is 0.133. The highest BCUT2D eigenvalue weighted by atomic mass is 16.7. The van der Waals surface area contributed by atoms with E-state index in [1.54, 1.807) is 19.5 Å². The lowest BCUT2D eigenvalue weighted by Crippen LogP contribution is -2.08. The minimum Gasteiger partial charge on any atom is -0.496 e. The highest BCUT2D eigenvalue weighted by Gasteiger charge is 2.21. The third-order valence-electron chi connectivity index (χ3n) is 3.05. The van der Waals surface area contributed by atoms with Gasteiger partial charge in [-0.2, -0.15) is 0 Å². The zero-order valence-corrected chi connectivity index (χ0v) is 10.5. The predicted molar refractivity (Wildman–Crippen MR) is 72.2 cm³/mol. The number of aromatic nitrogens is 1. The van der Waals surface area contributed by atoms with Crippen molar-refractivity contribution in [3.05, 3.63) is 66.0 Å². The number of methoxy groups -OCH3 is 1. The van der Waals surface area contributed by atoms with Crippen LogP contribution in [0.2, 0.25) is 0 Å². The fourth-order valence-corrected chi connectivity index (χ4v) is 2.09. The highest BCUT2D eigenvalue weighted by Crippen LogP contribution is 2.33. The lowest BCUT2D eigenvalue weighted by atomic mass is 10.1. The third kappa shape index (κ3) is 2.30. The molecule has 19 heavy (non-hydrogen) atoms. The molecule has 0 bridgehead atoms. The van der Waals surface area contributed by atoms with Gasteiger partial charge in [-0.05, 0) is 24.3 Å². The minimum atomic E-state index is -0.153. The number of hydrogen-bond acceptors (Lipinski definition) is 4. The second-order valence-corrected chi connectivity index (χ2v) is 4.20. The van der Waals surface area contributed by atoms with Crippen LogP contribution in [-0.4, -0.2) is 12.1 Å². The lowest BCUT2D eigenvalue weighted by Gasteiger charge is -2.11. The van der Waals surface area contributed by atoms with Crippen molar-refractivity contribution in [2.75, 3.05) is 7.11 Å². The van der Waals surface area contributed by atoms with Crippen molar-refractivity contribution in [1.82, 2.24) is 10.5 Å². The van der Waals surface area contributed by atoms with E-state index in [9.17, 15) is 0 Å². The number of nitrogens with one attached hydrogen (secondary N) is 1. The van der Waals surface area contributed by atoms with E-state index in [2.05, 4.69) is 10.5 Å². The van der Waals surface area contributed by atoms with E-state index in [1.807, 2.05) is 42.5 Å². The summed E-state index contributed by atoms with van der Waals surface area (Å²) in [5, 5.41) is 0. The Balaban J connectivity index is 1.91. The van der Waals surface area contributed by atoms with Crippen LogP contribution < -0.4 is 10.2 Å². The Morgan fingerprint density at radius 3 is 2.74 bits per heavy atom. The zero-order chi connectivity index (χ0) is 13.1. The molecule has 0 fully saturated rings. The molecular formula is C15H14N2O2. The molecular weight excluding hydrogens is 240 g/mol. The highest BCUT2D eigenvalue weighted by molar-refractivity contribution is 5.65. The van der Waals surface area contributed by atoms with Gasteiger partial charge in [-0.1, -0.05) is 18.2 Å². The van der Waals surface area contributed by atoms with Gasteiger partial charge in [0.15, 0.2) is 0 Å². The molecule has 96 valence electrons. The first-order valence-corrected chi connectivity index (χ1v) is 6.05. The smallest absolute Gasteiger partial charge is 0.134 e. The van der Waals surface area contributed by atoms with Gasteiger partial charge in [-0.3, -0.25) is 15.3 Å². The van der Waals surface area contributed by atoms with Crippen LogP contribution in [0.4, 0.5) is 0 Å². The Kier molecular flexibility index (Phi) is 3.16. The second kappa shape index (κ2) is 5.12. The standard InChI is InChI=1S/C15H14N2O2/c1-18-14-5-3-2-4-12(14)15-10-13(17-19-15)11-6-8-16-9-7-11/h2-10,15,17H,1H3. The molecule has 1 aliphatic rings. The predicted octanol–water partition coefficient (Wildman–Crippen LogP) is 2.71. The zero-order valence-electron chi connectivity index (χ0n) is 10.5. The Bertz CT molecular complexity index is 596. The van der Waals surface area contributed by atoms with Gasteiger partial charge in [0, 0.05) is 23.5 Å². The molecule has 1 aromatic heterocycles. The SMILES string of the molecule is COc1ccccc1C1C=C(c2ccncc2)NO1. The molecule has 0 saturated carbocycles. The topological polar surface area (TPSA) is 43.4 Å². The van der Waals surface area contributed by atoms with Gasteiger partial charge >= 0.3 is 0 Å². The van der Waals surface area contributed by atoms with E-state index in [1.165, 1.54) is 0 Å². The Morgan fingerprint density at radius 2 is 1.95 bits per heavy atom. The molecule has 1 atom stereocenters. The molecule has 0 saturated heterocycles. The molecule has 0 amide bonds. The number of para-hydroxylation sites is 1. The maximum atomic E-state index is 5.61. The summed E-state index contributed by atoms with van der Waals surface area (Å²) in [6.45, 7) is 0. The molecule has 2 aromatic rings. The quantitative estimate of drug-likeness (QED) is 0.914. The summed E-state index contributed by atoms with van der Waals surface area (Å²) in [5.74, 6) is 0.821. The van der Waals surface area contributed by atoms with Gasteiger partial charge in [0.2, 0.25) is 0 Å². The molecule has 0 aliphatic carbocycles. The molecule has 1 N–H and O–H groups in total. The van der Waals surface area contributed by atoms with Crippen molar-refractivity contribution in [2.24, 2.45) is 0 Å². The number of benzene rings is 1. The van der Waals surface area contributed by atoms with E-state index in [0.717, 1.165) is 22.6 Å². The largest absolute Gasteiger partial charge is 0.496 e. The van der Waals surface area contributed by atoms with Crippen LogP contribution in [0.1, 0.15) is 17.2 Å². The van der Waals surface area contributed by atoms with Crippen LogP contribution in [0.3, 0.4) is 0 Å². The Hall–Kier alpha value is -2.33.